The Balaban J connectivity index is 1.62. The molecular weight excluding hydrogens is 368 g/mol. The van der Waals surface area contributed by atoms with Gasteiger partial charge in [0, 0.05) is 39.3 Å². The highest BCUT2D eigenvalue weighted by molar-refractivity contribution is 6.59. The smallest absolute Gasteiger partial charge is 0.423 e. The van der Waals surface area contributed by atoms with Crippen LogP contribution in [-0.4, -0.2) is 70.3 Å². The maximum Gasteiger partial charge on any atom is 0.488 e. The van der Waals surface area contributed by atoms with Gasteiger partial charge in [0.25, 0.3) is 0 Å². The fourth-order valence-corrected chi connectivity index (χ4v) is 3.51. The highest BCUT2D eigenvalue weighted by Gasteiger charge is 2.23. The summed E-state index contributed by atoms with van der Waals surface area (Å²) in [5, 5.41) is 37.8. The van der Waals surface area contributed by atoms with Gasteiger partial charge in [-0.1, -0.05) is 12.1 Å². The summed E-state index contributed by atoms with van der Waals surface area (Å²) in [4.78, 5) is 4.15. The van der Waals surface area contributed by atoms with Gasteiger partial charge in [0.1, 0.15) is 11.6 Å². The summed E-state index contributed by atoms with van der Waals surface area (Å²) in [5.74, 6) is -0.863. The molecule has 148 valence electrons. The standard InChI is InChI=1S/C18H22B2F2N2O4/c21-15-1-3-17(19(25)26)13(9-15)11-23-5-7-24(8-6-23)12-14-10-16(22)2-4-18(14)20(27)28/h1-4,9-10,25-28H,5-8,11-12H2. The first kappa shape index (κ1) is 20.9. The van der Waals surface area contributed by atoms with Gasteiger partial charge in [-0.15, -0.1) is 0 Å². The van der Waals surface area contributed by atoms with Gasteiger partial charge in [-0.25, -0.2) is 8.78 Å². The van der Waals surface area contributed by atoms with Crippen molar-refractivity contribution in [3.8, 4) is 0 Å². The molecule has 4 N–H and O–H groups in total. The Kier molecular flexibility index (Phi) is 6.82. The molecule has 28 heavy (non-hydrogen) atoms. The van der Waals surface area contributed by atoms with Crippen LogP contribution in [0.15, 0.2) is 36.4 Å². The van der Waals surface area contributed by atoms with Gasteiger partial charge in [-0.2, -0.15) is 0 Å². The van der Waals surface area contributed by atoms with Crippen LogP contribution in [0.25, 0.3) is 0 Å². The number of benzene rings is 2. The molecule has 3 rings (SSSR count). The fraction of sp³-hybridized carbons (Fsp3) is 0.333. The molecule has 2 aromatic rings. The topological polar surface area (TPSA) is 87.4 Å². The summed E-state index contributed by atoms with van der Waals surface area (Å²) in [7, 11) is -3.32. The first-order valence-corrected chi connectivity index (χ1v) is 9.07. The van der Waals surface area contributed by atoms with E-state index in [1.54, 1.807) is 0 Å². The van der Waals surface area contributed by atoms with E-state index in [1.807, 2.05) is 0 Å². The third kappa shape index (κ3) is 5.16. The van der Waals surface area contributed by atoms with Gasteiger partial charge < -0.3 is 20.1 Å². The Labute approximate surface area is 162 Å². The molecule has 0 amide bonds. The van der Waals surface area contributed by atoms with Crippen LogP contribution in [-0.2, 0) is 13.1 Å². The Morgan fingerprint density at radius 1 is 0.679 bits per heavy atom. The number of hydrogen-bond acceptors (Lipinski definition) is 6. The number of hydrogen-bond donors (Lipinski definition) is 4. The molecule has 0 saturated carbocycles. The zero-order chi connectivity index (χ0) is 20.3. The Morgan fingerprint density at radius 2 is 1.04 bits per heavy atom. The van der Waals surface area contributed by atoms with Crippen LogP contribution in [0.5, 0.6) is 0 Å². The van der Waals surface area contributed by atoms with E-state index in [0.29, 0.717) is 50.4 Å². The largest absolute Gasteiger partial charge is 0.488 e. The quantitative estimate of drug-likeness (QED) is 0.457. The molecule has 1 aliphatic heterocycles. The average molecular weight is 390 g/mol. The van der Waals surface area contributed by atoms with Crippen molar-refractivity contribution in [1.82, 2.24) is 9.80 Å². The maximum absolute atomic E-state index is 13.5. The van der Waals surface area contributed by atoms with E-state index in [4.69, 9.17) is 0 Å². The van der Waals surface area contributed by atoms with Gasteiger partial charge in [-0.3, -0.25) is 9.80 Å². The second kappa shape index (κ2) is 9.13. The van der Waals surface area contributed by atoms with E-state index >= 15 is 0 Å². The lowest BCUT2D eigenvalue weighted by atomic mass is 9.76. The molecule has 0 aromatic heterocycles. The minimum atomic E-state index is -1.66. The summed E-state index contributed by atoms with van der Waals surface area (Å²) < 4.78 is 27.1. The molecule has 0 unspecified atom stereocenters. The Morgan fingerprint density at radius 3 is 1.36 bits per heavy atom. The molecule has 0 atom stereocenters. The highest BCUT2D eigenvalue weighted by atomic mass is 19.1. The van der Waals surface area contributed by atoms with Gasteiger partial charge in [-0.05, 0) is 46.3 Å². The summed E-state index contributed by atoms with van der Waals surface area (Å²) in [6, 6.07) is 7.75. The Hall–Kier alpha value is -1.81. The van der Waals surface area contributed by atoms with Crippen molar-refractivity contribution in [2.75, 3.05) is 26.2 Å². The van der Waals surface area contributed by atoms with Crippen molar-refractivity contribution >= 4 is 25.2 Å². The molecule has 1 fully saturated rings. The summed E-state index contributed by atoms with van der Waals surface area (Å²) in [6.45, 7) is 3.40. The lowest BCUT2D eigenvalue weighted by molar-refractivity contribution is 0.122. The molecule has 6 nitrogen and oxygen atoms in total. The first-order valence-electron chi connectivity index (χ1n) is 9.07. The van der Waals surface area contributed by atoms with Crippen molar-refractivity contribution in [2.24, 2.45) is 0 Å². The molecule has 2 aromatic carbocycles. The van der Waals surface area contributed by atoms with Crippen molar-refractivity contribution in [3.05, 3.63) is 59.2 Å². The molecule has 0 bridgehead atoms. The molecule has 0 radical (unpaired) electrons. The summed E-state index contributed by atoms with van der Waals surface area (Å²) >= 11 is 0. The van der Waals surface area contributed by atoms with Crippen LogP contribution in [0.3, 0.4) is 0 Å². The van der Waals surface area contributed by atoms with Crippen LogP contribution in [0, 0.1) is 11.6 Å². The predicted molar refractivity (Wildman–Crippen MR) is 103 cm³/mol. The van der Waals surface area contributed by atoms with Crippen molar-refractivity contribution in [3.63, 3.8) is 0 Å². The minimum Gasteiger partial charge on any atom is -0.423 e. The monoisotopic (exact) mass is 390 g/mol. The fourth-order valence-electron chi connectivity index (χ4n) is 3.51. The number of halogens is 2. The third-order valence-corrected chi connectivity index (χ3v) is 5.02. The predicted octanol–water partition coefficient (Wildman–Crippen LogP) is -1.36. The average Bonchev–Trinajstić information content (AvgIpc) is 2.63. The van der Waals surface area contributed by atoms with E-state index < -0.39 is 25.9 Å². The van der Waals surface area contributed by atoms with Crippen LogP contribution >= 0.6 is 0 Å². The highest BCUT2D eigenvalue weighted by Crippen LogP contribution is 2.12. The minimum absolute atomic E-state index is 0.283. The Bertz CT molecular complexity index is 751. The van der Waals surface area contributed by atoms with Crippen molar-refractivity contribution < 1.29 is 28.9 Å². The molecule has 1 aliphatic rings. The number of piperazine rings is 1. The van der Waals surface area contributed by atoms with Gasteiger partial charge in [0.15, 0.2) is 0 Å². The summed E-state index contributed by atoms with van der Waals surface area (Å²) in [5.41, 5.74) is 1.62. The maximum atomic E-state index is 13.5. The number of nitrogens with zero attached hydrogens (tertiary/aromatic N) is 2. The van der Waals surface area contributed by atoms with Crippen LogP contribution in [0.1, 0.15) is 11.1 Å². The number of rotatable bonds is 6. The second-order valence-electron chi connectivity index (χ2n) is 6.99. The van der Waals surface area contributed by atoms with Gasteiger partial charge >= 0.3 is 14.2 Å². The lowest BCUT2D eigenvalue weighted by Gasteiger charge is -2.35. The molecule has 1 saturated heterocycles. The SMILES string of the molecule is OB(O)c1ccc(F)cc1CN1CCN(Cc2cc(F)ccc2B(O)O)CC1. The molecule has 0 spiro atoms. The molecule has 1 heterocycles. The first-order chi connectivity index (χ1) is 13.3. The van der Waals surface area contributed by atoms with Crippen molar-refractivity contribution in [1.29, 1.82) is 0 Å². The van der Waals surface area contributed by atoms with Gasteiger partial charge in [0.05, 0.1) is 0 Å². The van der Waals surface area contributed by atoms with E-state index in [9.17, 15) is 28.9 Å². The van der Waals surface area contributed by atoms with E-state index in [0.717, 1.165) is 0 Å². The zero-order valence-electron chi connectivity index (χ0n) is 15.3. The second-order valence-corrected chi connectivity index (χ2v) is 6.99. The molecule has 0 aliphatic carbocycles. The van der Waals surface area contributed by atoms with E-state index in [2.05, 4.69) is 9.80 Å². The molecular formula is C18H22B2F2N2O4. The normalized spacial score (nSPS) is 15.6. The third-order valence-electron chi connectivity index (χ3n) is 5.02. The lowest BCUT2D eigenvalue weighted by Crippen LogP contribution is -2.47. The van der Waals surface area contributed by atoms with Crippen LogP contribution in [0.4, 0.5) is 8.78 Å². The summed E-state index contributed by atoms with van der Waals surface area (Å²) in [6.07, 6.45) is 0. The van der Waals surface area contributed by atoms with Gasteiger partial charge in [0.2, 0.25) is 0 Å². The van der Waals surface area contributed by atoms with Crippen LogP contribution < -0.4 is 10.9 Å². The van der Waals surface area contributed by atoms with E-state index in [-0.39, 0.29) is 10.9 Å². The van der Waals surface area contributed by atoms with Crippen molar-refractivity contribution in [2.45, 2.75) is 13.1 Å². The molecule has 10 heteroatoms. The van der Waals surface area contributed by atoms with E-state index in [1.165, 1.54) is 36.4 Å². The zero-order valence-corrected chi connectivity index (χ0v) is 15.3. The van der Waals surface area contributed by atoms with Crippen LogP contribution in [0.2, 0.25) is 0 Å².